The van der Waals surface area contributed by atoms with E-state index in [2.05, 4.69) is 28.8 Å². The van der Waals surface area contributed by atoms with Gasteiger partial charge < -0.3 is 10.6 Å². The molecule has 0 amide bonds. The molecule has 0 aromatic carbocycles. The lowest BCUT2D eigenvalue weighted by Gasteiger charge is -2.25. The summed E-state index contributed by atoms with van der Waals surface area (Å²) in [5.41, 5.74) is 6.12. The van der Waals surface area contributed by atoms with Crippen LogP contribution in [0.4, 0.5) is 0 Å². The minimum absolute atomic E-state index is 0. The highest BCUT2D eigenvalue weighted by Crippen LogP contribution is 2.26. The van der Waals surface area contributed by atoms with E-state index in [1.807, 2.05) is 0 Å². The van der Waals surface area contributed by atoms with Crippen LogP contribution in [-0.4, -0.2) is 54.5 Å². The number of hydrogen-bond donors (Lipinski definition) is 1. The molecule has 1 saturated carbocycles. The summed E-state index contributed by atoms with van der Waals surface area (Å²) in [7, 11) is 2.21. The minimum Gasteiger partial charge on any atom is -0.370 e. The molecule has 1 heterocycles. The van der Waals surface area contributed by atoms with Crippen molar-refractivity contribution in [2.45, 2.75) is 57.5 Å². The van der Waals surface area contributed by atoms with Crippen LogP contribution in [0.5, 0.6) is 0 Å². The fourth-order valence-corrected chi connectivity index (χ4v) is 2.60. The average Bonchev–Trinajstić information content (AvgIpc) is 3.19. The van der Waals surface area contributed by atoms with Gasteiger partial charge in [-0.15, -0.1) is 24.0 Å². The molecular formula is C14H29IN4. The number of likely N-dealkylation sites (N-methyl/N-ethyl adjacent to an activating group) is 1. The lowest BCUT2D eigenvalue weighted by atomic mass is 10.2. The van der Waals surface area contributed by atoms with Crippen LogP contribution in [0.1, 0.15) is 45.4 Å². The van der Waals surface area contributed by atoms with E-state index >= 15 is 0 Å². The van der Waals surface area contributed by atoms with Crippen LogP contribution in [0.15, 0.2) is 4.99 Å². The molecule has 2 fully saturated rings. The van der Waals surface area contributed by atoms with E-state index < -0.39 is 0 Å². The van der Waals surface area contributed by atoms with Gasteiger partial charge in [-0.1, -0.05) is 12.8 Å². The molecule has 1 aliphatic carbocycles. The summed E-state index contributed by atoms with van der Waals surface area (Å²) >= 11 is 0. The summed E-state index contributed by atoms with van der Waals surface area (Å²) in [5.74, 6) is 0.757. The number of nitrogens with zero attached hydrogens (tertiary/aromatic N) is 3. The SMILES string of the molecule is CC(CN=C(N)N1CCCCCC1)N(C)C1CC1.I. The Bertz CT molecular complexity index is 283. The lowest BCUT2D eigenvalue weighted by Crippen LogP contribution is -2.40. The topological polar surface area (TPSA) is 44.9 Å². The number of halogens is 1. The second-order valence-electron chi connectivity index (χ2n) is 5.85. The van der Waals surface area contributed by atoms with Gasteiger partial charge in [0.05, 0.1) is 6.54 Å². The molecule has 2 aliphatic rings. The fourth-order valence-electron chi connectivity index (χ4n) is 2.60. The van der Waals surface area contributed by atoms with Gasteiger partial charge in [0.1, 0.15) is 0 Å². The van der Waals surface area contributed by atoms with Gasteiger partial charge in [-0.05, 0) is 39.7 Å². The van der Waals surface area contributed by atoms with Gasteiger partial charge in [-0.25, -0.2) is 0 Å². The summed E-state index contributed by atoms with van der Waals surface area (Å²) in [6.45, 7) is 5.25. The molecule has 112 valence electrons. The molecule has 5 heteroatoms. The monoisotopic (exact) mass is 380 g/mol. The molecule has 19 heavy (non-hydrogen) atoms. The smallest absolute Gasteiger partial charge is 0.191 e. The molecule has 1 unspecified atom stereocenters. The van der Waals surface area contributed by atoms with Crippen molar-refractivity contribution in [3.63, 3.8) is 0 Å². The average molecular weight is 380 g/mol. The van der Waals surface area contributed by atoms with Crippen LogP contribution >= 0.6 is 24.0 Å². The molecule has 2 rings (SSSR count). The largest absolute Gasteiger partial charge is 0.370 e. The zero-order chi connectivity index (χ0) is 13.0. The highest BCUT2D eigenvalue weighted by atomic mass is 127. The molecular weight excluding hydrogens is 351 g/mol. The molecule has 1 aliphatic heterocycles. The van der Waals surface area contributed by atoms with Crippen molar-refractivity contribution < 1.29 is 0 Å². The predicted molar refractivity (Wildman–Crippen MR) is 92.2 cm³/mol. The second kappa shape index (κ2) is 8.29. The van der Waals surface area contributed by atoms with Crippen molar-refractivity contribution in [3.8, 4) is 0 Å². The van der Waals surface area contributed by atoms with Crippen LogP contribution < -0.4 is 5.73 Å². The first-order valence-corrected chi connectivity index (χ1v) is 7.45. The maximum absolute atomic E-state index is 6.12. The standard InChI is InChI=1S/C14H28N4.HI/c1-12(17(2)13-7-8-13)11-16-14(15)18-9-5-3-4-6-10-18;/h12-13H,3-11H2,1-2H3,(H2,15,16);1H. The Morgan fingerprint density at radius 2 is 1.84 bits per heavy atom. The van der Waals surface area contributed by atoms with Gasteiger partial charge in [0.2, 0.25) is 0 Å². The van der Waals surface area contributed by atoms with E-state index in [1.54, 1.807) is 0 Å². The number of nitrogens with two attached hydrogens (primary N) is 1. The Kier molecular flexibility index (Phi) is 7.42. The van der Waals surface area contributed by atoms with Gasteiger partial charge in [0.25, 0.3) is 0 Å². The number of rotatable bonds is 4. The van der Waals surface area contributed by atoms with Crippen molar-refractivity contribution in [1.29, 1.82) is 0 Å². The van der Waals surface area contributed by atoms with Gasteiger partial charge in [0, 0.05) is 25.2 Å². The first kappa shape index (κ1) is 17.0. The maximum atomic E-state index is 6.12. The van der Waals surface area contributed by atoms with E-state index in [0.717, 1.165) is 31.6 Å². The fraction of sp³-hybridized carbons (Fsp3) is 0.929. The van der Waals surface area contributed by atoms with Crippen LogP contribution in [0.25, 0.3) is 0 Å². The lowest BCUT2D eigenvalue weighted by molar-refractivity contribution is 0.252. The molecule has 0 radical (unpaired) electrons. The molecule has 0 spiro atoms. The number of likely N-dealkylation sites (tertiary alicyclic amines) is 1. The molecule has 0 bridgehead atoms. The highest BCUT2D eigenvalue weighted by Gasteiger charge is 2.28. The second-order valence-corrected chi connectivity index (χ2v) is 5.85. The van der Waals surface area contributed by atoms with Crippen molar-refractivity contribution in [3.05, 3.63) is 0 Å². The summed E-state index contributed by atoms with van der Waals surface area (Å²) in [6.07, 6.45) is 7.90. The van der Waals surface area contributed by atoms with E-state index in [0.29, 0.717) is 6.04 Å². The first-order valence-electron chi connectivity index (χ1n) is 7.45. The Morgan fingerprint density at radius 1 is 1.26 bits per heavy atom. The van der Waals surface area contributed by atoms with Crippen LogP contribution in [-0.2, 0) is 0 Å². The summed E-state index contributed by atoms with van der Waals surface area (Å²) in [5, 5.41) is 0. The first-order chi connectivity index (χ1) is 8.68. The van der Waals surface area contributed by atoms with Gasteiger partial charge >= 0.3 is 0 Å². The van der Waals surface area contributed by atoms with Crippen molar-refractivity contribution in [1.82, 2.24) is 9.80 Å². The molecule has 0 aromatic heterocycles. The van der Waals surface area contributed by atoms with E-state index in [-0.39, 0.29) is 24.0 Å². The van der Waals surface area contributed by atoms with Crippen molar-refractivity contribution in [2.75, 3.05) is 26.7 Å². The number of aliphatic imine (C=N–C) groups is 1. The third-order valence-electron chi connectivity index (χ3n) is 4.27. The maximum Gasteiger partial charge on any atom is 0.191 e. The highest BCUT2D eigenvalue weighted by molar-refractivity contribution is 14.0. The molecule has 1 saturated heterocycles. The third kappa shape index (κ3) is 5.45. The normalized spacial score (nSPS) is 22.9. The van der Waals surface area contributed by atoms with Crippen molar-refractivity contribution >= 4 is 29.9 Å². The van der Waals surface area contributed by atoms with Gasteiger partial charge in [-0.2, -0.15) is 0 Å². The quantitative estimate of drug-likeness (QED) is 0.462. The Hall–Kier alpha value is -0.0400. The molecule has 0 aromatic rings. The van der Waals surface area contributed by atoms with Crippen LogP contribution in [0.2, 0.25) is 0 Å². The van der Waals surface area contributed by atoms with Crippen LogP contribution in [0.3, 0.4) is 0 Å². The van der Waals surface area contributed by atoms with Crippen molar-refractivity contribution in [2.24, 2.45) is 10.7 Å². The predicted octanol–water partition coefficient (Wildman–Crippen LogP) is 2.28. The van der Waals surface area contributed by atoms with E-state index in [1.165, 1.54) is 38.5 Å². The molecule has 4 nitrogen and oxygen atoms in total. The minimum atomic E-state index is 0. The Balaban J connectivity index is 0.00000180. The zero-order valence-corrected chi connectivity index (χ0v) is 14.7. The number of guanidine groups is 1. The van der Waals surface area contributed by atoms with E-state index in [9.17, 15) is 0 Å². The Labute approximate surface area is 134 Å². The van der Waals surface area contributed by atoms with E-state index in [4.69, 9.17) is 5.73 Å². The summed E-state index contributed by atoms with van der Waals surface area (Å²) in [4.78, 5) is 9.30. The van der Waals surface area contributed by atoms with Crippen LogP contribution in [0, 0.1) is 0 Å². The Morgan fingerprint density at radius 3 is 2.37 bits per heavy atom. The molecule has 2 N–H and O–H groups in total. The van der Waals surface area contributed by atoms with Gasteiger partial charge in [-0.3, -0.25) is 9.89 Å². The molecule has 1 atom stereocenters. The van der Waals surface area contributed by atoms with Gasteiger partial charge in [0.15, 0.2) is 5.96 Å². The zero-order valence-electron chi connectivity index (χ0n) is 12.3. The number of hydrogen-bond acceptors (Lipinski definition) is 2. The summed E-state index contributed by atoms with van der Waals surface area (Å²) in [6, 6.07) is 1.30. The third-order valence-corrected chi connectivity index (χ3v) is 4.27. The summed E-state index contributed by atoms with van der Waals surface area (Å²) < 4.78 is 0.